The molecule has 0 saturated carbocycles. The van der Waals surface area contributed by atoms with E-state index >= 15 is 0 Å². The maximum atomic E-state index is 9.20. The summed E-state index contributed by atoms with van der Waals surface area (Å²) in [5.41, 5.74) is 10.5. The van der Waals surface area contributed by atoms with E-state index < -0.39 is 95.3 Å². The predicted molar refractivity (Wildman–Crippen MR) is 103 cm³/mol. The van der Waals surface area contributed by atoms with Gasteiger partial charge in [0.25, 0.3) is 0 Å². The van der Waals surface area contributed by atoms with Gasteiger partial charge in [-0.1, -0.05) is 0 Å². The SMILES string of the molecule is N[C@@H]1[C@@H](O)[C@H](O)[C@@H](CO)O[C@H]1O.N[C@@H]1[C@@H](O)[C@H](O)[C@@H](CO)O[C@H]1O.O=S(=O)([O-])[O-].O=S(=O)([O-])[O-].[Ca+2]. The van der Waals surface area contributed by atoms with Gasteiger partial charge in [0.15, 0.2) is 12.6 Å². The molecule has 2 saturated heterocycles. The van der Waals surface area contributed by atoms with Crippen molar-refractivity contribution < 1.29 is 85.4 Å². The molecule has 0 aromatic heterocycles. The Bertz CT molecular complexity index is 684. The predicted octanol–water partition coefficient (Wildman–Crippen LogP) is -9.57. The van der Waals surface area contributed by atoms with Crippen LogP contribution in [0.5, 0.6) is 0 Å². The Labute approximate surface area is 228 Å². The van der Waals surface area contributed by atoms with Gasteiger partial charge in [-0.15, -0.1) is 0 Å². The summed E-state index contributed by atoms with van der Waals surface area (Å²) in [7, 11) is -10.3. The van der Waals surface area contributed by atoms with E-state index in [0.717, 1.165) is 0 Å². The molecule has 208 valence electrons. The Balaban J connectivity index is -0.000000419. The maximum Gasteiger partial charge on any atom is 2.00 e. The van der Waals surface area contributed by atoms with E-state index in [1.807, 2.05) is 0 Å². The van der Waals surface area contributed by atoms with Crippen molar-refractivity contribution >= 4 is 58.5 Å². The molecule has 0 aliphatic carbocycles. The average Bonchev–Trinajstić information content (AvgIpc) is 2.68. The van der Waals surface area contributed by atoms with Crippen LogP contribution in [0.2, 0.25) is 0 Å². The van der Waals surface area contributed by atoms with Crippen molar-refractivity contribution in [1.29, 1.82) is 0 Å². The van der Waals surface area contributed by atoms with Crippen LogP contribution in [0.15, 0.2) is 0 Å². The van der Waals surface area contributed by atoms with Crippen LogP contribution in [0, 0.1) is 0 Å². The van der Waals surface area contributed by atoms with E-state index in [9.17, 15) is 20.4 Å². The third-order valence-electron chi connectivity index (χ3n) is 3.90. The molecule has 2 aliphatic rings. The molecule has 10 atom stereocenters. The van der Waals surface area contributed by atoms with Crippen molar-refractivity contribution in [1.82, 2.24) is 0 Å². The van der Waals surface area contributed by atoms with Gasteiger partial charge in [-0.2, -0.15) is 0 Å². The average molecular weight is 591 g/mol. The van der Waals surface area contributed by atoms with Crippen LogP contribution in [0.3, 0.4) is 0 Å². The fourth-order valence-corrected chi connectivity index (χ4v) is 2.24. The van der Waals surface area contributed by atoms with Crippen molar-refractivity contribution in [2.45, 2.75) is 61.3 Å². The Morgan fingerprint density at radius 2 is 0.800 bits per heavy atom. The first-order valence-corrected chi connectivity index (χ1v) is 11.3. The van der Waals surface area contributed by atoms with Crippen molar-refractivity contribution in [3.63, 3.8) is 0 Å². The fourth-order valence-electron chi connectivity index (χ4n) is 2.24. The summed E-state index contributed by atoms with van der Waals surface area (Å²) in [5, 5.41) is 72.1. The van der Waals surface area contributed by atoms with E-state index in [-0.39, 0.29) is 37.7 Å². The normalized spacial score (nSPS) is 37.1. The summed E-state index contributed by atoms with van der Waals surface area (Å²) in [6, 6.07) is -2.08. The van der Waals surface area contributed by atoms with Crippen LogP contribution in [0.25, 0.3) is 0 Å². The molecule has 0 spiro atoms. The zero-order chi connectivity index (χ0) is 27.6. The van der Waals surface area contributed by atoms with Crippen LogP contribution >= 0.6 is 0 Å². The van der Waals surface area contributed by atoms with Crippen LogP contribution in [-0.2, 0) is 30.3 Å². The summed E-state index contributed by atoms with van der Waals surface area (Å²) < 4.78 is 77.6. The third kappa shape index (κ3) is 18.4. The molecule has 0 amide bonds. The molecule has 2 aliphatic heterocycles. The standard InChI is InChI=1S/2C6H13NO5.Ca.2H2O4S/c2*7-3-5(10)4(9)2(1-8)12-6(3)11;;2*1-5(2,3)4/h2*2-6,8-11H,1,7H2;;2*(H2,1,2,3,4)/q;;+2;;/p-4/t2*2-,3-,4-,5-,6-;;;/m11.../s1. The van der Waals surface area contributed by atoms with Gasteiger partial charge < -0.3 is 80.0 Å². The molecular formula is C12H26CaN2O18S2-2. The molecule has 0 aromatic rings. The second kappa shape index (κ2) is 17.9. The molecule has 23 heteroatoms. The molecule has 20 nitrogen and oxygen atoms in total. The van der Waals surface area contributed by atoms with Crippen molar-refractivity contribution in [2.75, 3.05) is 13.2 Å². The monoisotopic (exact) mass is 590 g/mol. The maximum absolute atomic E-state index is 9.20. The molecule has 12 N–H and O–H groups in total. The first-order valence-electron chi connectivity index (χ1n) is 8.61. The van der Waals surface area contributed by atoms with E-state index in [2.05, 4.69) is 0 Å². The number of hydrogen-bond acceptors (Lipinski definition) is 20. The van der Waals surface area contributed by atoms with Gasteiger partial charge in [-0.25, -0.2) is 0 Å². The van der Waals surface area contributed by atoms with Crippen molar-refractivity contribution in [3.8, 4) is 0 Å². The van der Waals surface area contributed by atoms with Crippen molar-refractivity contribution in [3.05, 3.63) is 0 Å². The third-order valence-corrected chi connectivity index (χ3v) is 3.90. The number of aliphatic hydroxyl groups is 8. The van der Waals surface area contributed by atoms with Gasteiger partial charge in [0.2, 0.25) is 0 Å². The Kier molecular flexibility index (Phi) is 20.5. The summed E-state index contributed by atoms with van der Waals surface area (Å²) in [4.78, 5) is 0. The Morgan fingerprint density at radius 1 is 0.600 bits per heavy atom. The van der Waals surface area contributed by atoms with Gasteiger partial charge in [-0.3, -0.25) is 16.8 Å². The number of hydrogen-bond donors (Lipinski definition) is 10. The van der Waals surface area contributed by atoms with Crippen molar-refractivity contribution in [2.24, 2.45) is 11.5 Å². The van der Waals surface area contributed by atoms with Gasteiger partial charge in [0.1, 0.15) is 36.6 Å². The minimum absolute atomic E-state index is 0. The number of rotatable bonds is 2. The zero-order valence-corrected chi connectivity index (χ0v) is 21.4. The molecule has 0 bridgehead atoms. The molecule has 2 heterocycles. The van der Waals surface area contributed by atoms with Crippen LogP contribution in [0.1, 0.15) is 0 Å². The smallest absolute Gasteiger partial charge is 0.759 e. The number of aliphatic hydroxyl groups excluding tert-OH is 8. The largest absolute Gasteiger partial charge is 2.00 e. The molecule has 0 unspecified atom stereocenters. The Morgan fingerprint density at radius 3 is 0.971 bits per heavy atom. The minimum atomic E-state index is -5.17. The summed E-state index contributed by atoms with van der Waals surface area (Å²) >= 11 is 0. The minimum Gasteiger partial charge on any atom is -0.759 e. The first-order chi connectivity index (χ1) is 15.1. The van der Waals surface area contributed by atoms with Crippen LogP contribution in [-0.4, -0.2) is 188 Å². The molecule has 35 heavy (non-hydrogen) atoms. The van der Waals surface area contributed by atoms with E-state index in [1.54, 1.807) is 0 Å². The molecule has 2 rings (SSSR count). The van der Waals surface area contributed by atoms with E-state index in [1.165, 1.54) is 0 Å². The van der Waals surface area contributed by atoms with Gasteiger partial charge in [0.05, 0.1) is 25.3 Å². The van der Waals surface area contributed by atoms with E-state index in [0.29, 0.717) is 0 Å². The zero-order valence-electron chi connectivity index (χ0n) is 17.5. The summed E-state index contributed by atoms with van der Waals surface area (Å²) in [5.74, 6) is 0. The van der Waals surface area contributed by atoms with Crippen LogP contribution in [0.4, 0.5) is 0 Å². The quantitative estimate of drug-likeness (QED) is 0.0810. The van der Waals surface area contributed by atoms with Gasteiger partial charge in [-0.05, 0) is 0 Å². The second-order valence-corrected chi connectivity index (χ2v) is 8.06. The topological polar surface area (TPSA) is 393 Å². The molecule has 0 radical (unpaired) electrons. The molecular weight excluding hydrogens is 564 g/mol. The number of ether oxygens (including phenoxy) is 2. The first kappa shape index (κ1) is 40.0. The fraction of sp³-hybridized carbons (Fsp3) is 1.00. The number of nitrogens with two attached hydrogens (primary N) is 2. The van der Waals surface area contributed by atoms with Crippen LogP contribution < -0.4 is 11.5 Å². The molecule has 2 fully saturated rings. The Hall–Kier alpha value is 0.520. The van der Waals surface area contributed by atoms with Gasteiger partial charge >= 0.3 is 37.7 Å². The second-order valence-electron chi connectivity index (χ2n) is 6.43. The van der Waals surface area contributed by atoms with E-state index in [4.69, 9.17) is 76.4 Å². The molecule has 0 aromatic carbocycles. The van der Waals surface area contributed by atoms with Gasteiger partial charge in [0, 0.05) is 20.8 Å². The summed E-state index contributed by atoms with van der Waals surface area (Å²) in [6.07, 6.45) is -9.70. The summed E-state index contributed by atoms with van der Waals surface area (Å²) in [6.45, 7) is -0.940.